The lowest BCUT2D eigenvalue weighted by Crippen LogP contribution is -2.20. The Morgan fingerprint density at radius 2 is 1.80 bits per heavy atom. The quantitative estimate of drug-likeness (QED) is 0.653. The van der Waals surface area contributed by atoms with Gasteiger partial charge in [0, 0.05) is 10.7 Å². The molecule has 1 aromatic heterocycles. The predicted molar refractivity (Wildman–Crippen MR) is 106 cm³/mol. The summed E-state index contributed by atoms with van der Waals surface area (Å²) in [6, 6.07) is 15.7. The first-order chi connectivity index (χ1) is 12.2. The molecule has 3 rings (SSSR count). The van der Waals surface area contributed by atoms with Crippen LogP contribution in [0.25, 0.3) is 0 Å². The smallest absolute Gasteiger partial charge is 0.248 e. The van der Waals surface area contributed by atoms with Crippen LogP contribution >= 0.6 is 23.8 Å². The number of benzene rings is 2. The lowest BCUT2D eigenvalue weighted by molar-refractivity contribution is 0.687. The Morgan fingerprint density at radius 3 is 2.56 bits per heavy atom. The molecule has 0 fully saturated rings. The molecule has 0 aliphatic heterocycles. The molecule has 0 aliphatic carbocycles. The number of hydrogen-bond acceptors (Lipinski definition) is 3. The first kappa shape index (κ1) is 17.4. The van der Waals surface area contributed by atoms with Crippen LogP contribution in [0.3, 0.4) is 0 Å². The number of aromatic nitrogens is 3. The zero-order chi connectivity index (χ0) is 17.6. The second kappa shape index (κ2) is 8.09. The second-order valence-corrected chi connectivity index (χ2v) is 6.26. The number of nitrogens with one attached hydrogen (secondary N) is 2. The zero-order valence-electron chi connectivity index (χ0n) is 13.7. The van der Waals surface area contributed by atoms with Gasteiger partial charge in [-0.3, -0.25) is 5.32 Å². The van der Waals surface area contributed by atoms with Crippen molar-refractivity contribution in [1.29, 1.82) is 0 Å². The monoisotopic (exact) mass is 371 g/mol. The van der Waals surface area contributed by atoms with Crippen molar-refractivity contribution in [3.63, 3.8) is 0 Å². The molecule has 0 saturated heterocycles. The van der Waals surface area contributed by atoms with E-state index in [-0.39, 0.29) is 0 Å². The van der Waals surface area contributed by atoms with Gasteiger partial charge in [-0.05, 0) is 41.9 Å². The summed E-state index contributed by atoms with van der Waals surface area (Å²) in [4.78, 5) is 4.24. The third-order valence-corrected chi connectivity index (χ3v) is 4.27. The van der Waals surface area contributed by atoms with Gasteiger partial charge in [-0.25, -0.2) is 9.67 Å². The van der Waals surface area contributed by atoms with E-state index in [0.29, 0.717) is 22.6 Å². The molecular formula is C18H18ClN5S. The van der Waals surface area contributed by atoms with Crippen LogP contribution in [0.15, 0.2) is 54.9 Å². The molecule has 0 aliphatic rings. The Labute approximate surface area is 157 Å². The summed E-state index contributed by atoms with van der Waals surface area (Å²) >= 11 is 11.5. The van der Waals surface area contributed by atoms with Gasteiger partial charge >= 0.3 is 0 Å². The van der Waals surface area contributed by atoms with E-state index in [1.165, 1.54) is 5.56 Å². The number of anilines is 2. The van der Waals surface area contributed by atoms with E-state index >= 15 is 0 Å². The number of hydrogen-bond donors (Lipinski definition) is 2. The number of aryl methyl sites for hydroxylation is 1. The molecule has 0 radical (unpaired) electrons. The fraction of sp³-hybridized carbons (Fsp3) is 0.167. The molecule has 7 heteroatoms. The molecule has 25 heavy (non-hydrogen) atoms. The summed E-state index contributed by atoms with van der Waals surface area (Å²) < 4.78 is 1.71. The summed E-state index contributed by atoms with van der Waals surface area (Å²) in [6.07, 6.45) is 2.57. The average molecular weight is 372 g/mol. The lowest BCUT2D eigenvalue weighted by atomic mass is 10.1. The maximum atomic E-state index is 6.18. The van der Waals surface area contributed by atoms with E-state index in [0.717, 1.165) is 17.7 Å². The van der Waals surface area contributed by atoms with Crippen molar-refractivity contribution < 1.29 is 0 Å². The van der Waals surface area contributed by atoms with E-state index in [1.807, 2.05) is 42.5 Å². The van der Waals surface area contributed by atoms with Crippen LogP contribution < -0.4 is 10.6 Å². The van der Waals surface area contributed by atoms with Crippen molar-refractivity contribution in [2.75, 3.05) is 10.6 Å². The van der Waals surface area contributed by atoms with Crippen molar-refractivity contribution >= 4 is 40.6 Å². The summed E-state index contributed by atoms with van der Waals surface area (Å²) in [7, 11) is 0. The summed E-state index contributed by atoms with van der Waals surface area (Å²) in [5, 5.41) is 11.7. The highest BCUT2D eigenvalue weighted by molar-refractivity contribution is 7.80. The standard InChI is InChI=1S/C18H18ClN5S/c1-2-13-7-4-6-10-16(13)21-18(25)22-17-20-12-24(23-17)11-14-8-3-5-9-15(14)19/h3-10,12H,2,11H2,1H3,(H2,21,22,23,25). The molecule has 0 amide bonds. The molecule has 0 spiro atoms. The Morgan fingerprint density at radius 1 is 1.08 bits per heavy atom. The largest absolute Gasteiger partial charge is 0.332 e. The van der Waals surface area contributed by atoms with Gasteiger partial charge in [0.2, 0.25) is 5.95 Å². The minimum Gasteiger partial charge on any atom is -0.332 e. The van der Waals surface area contributed by atoms with Crippen LogP contribution in [-0.4, -0.2) is 19.9 Å². The van der Waals surface area contributed by atoms with Gasteiger partial charge in [-0.2, -0.15) is 0 Å². The van der Waals surface area contributed by atoms with Gasteiger partial charge < -0.3 is 5.32 Å². The summed E-state index contributed by atoms with van der Waals surface area (Å²) in [6.45, 7) is 2.65. The fourth-order valence-electron chi connectivity index (χ4n) is 2.43. The second-order valence-electron chi connectivity index (χ2n) is 5.45. The zero-order valence-corrected chi connectivity index (χ0v) is 15.3. The van der Waals surface area contributed by atoms with Gasteiger partial charge in [0.05, 0.1) is 6.54 Å². The summed E-state index contributed by atoms with van der Waals surface area (Å²) in [5.41, 5.74) is 3.17. The molecular weight excluding hydrogens is 354 g/mol. The SMILES string of the molecule is CCc1ccccc1NC(=S)Nc1ncn(Cc2ccccc2Cl)n1. The van der Waals surface area contributed by atoms with Crippen molar-refractivity contribution in [3.8, 4) is 0 Å². The molecule has 128 valence electrons. The molecule has 3 aromatic rings. The van der Waals surface area contributed by atoms with Crippen molar-refractivity contribution in [2.24, 2.45) is 0 Å². The highest BCUT2D eigenvalue weighted by Gasteiger charge is 2.07. The van der Waals surface area contributed by atoms with E-state index in [1.54, 1.807) is 11.0 Å². The number of rotatable bonds is 5. The third kappa shape index (κ3) is 4.55. The molecule has 0 saturated carbocycles. The minimum atomic E-state index is 0.443. The van der Waals surface area contributed by atoms with E-state index in [4.69, 9.17) is 23.8 Å². The Hall–Kier alpha value is -2.44. The van der Waals surface area contributed by atoms with Gasteiger partial charge in [-0.15, -0.1) is 5.10 Å². The maximum absolute atomic E-state index is 6.18. The van der Waals surface area contributed by atoms with E-state index < -0.39 is 0 Å². The Balaban J connectivity index is 1.63. The molecule has 0 atom stereocenters. The highest BCUT2D eigenvalue weighted by Crippen LogP contribution is 2.17. The first-order valence-corrected chi connectivity index (χ1v) is 8.73. The molecule has 0 unspecified atom stereocenters. The maximum Gasteiger partial charge on any atom is 0.248 e. The molecule has 0 bridgehead atoms. The molecule has 2 aromatic carbocycles. The van der Waals surface area contributed by atoms with Crippen molar-refractivity contribution in [2.45, 2.75) is 19.9 Å². The number of nitrogens with zero attached hydrogens (tertiary/aromatic N) is 3. The molecule has 5 nitrogen and oxygen atoms in total. The number of halogens is 1. The predicted octanol–water partition coefficient (Wildman–Crippen LogP) is 4.35. The highest BCUT2D eigenvalue weighted by atomic mass is 35.5. The van der Waals surface area contributed by atoms with Crippen LogP contribution in [0.1, 0.15) is 18.1 Å². The van der Waals surface area contributed by atoms with Crippen LogP contribution in [0.2, 0.25) is 5.02 Å². The van der Waals surface area contributed by atoms with Gasteiger partial charge in [-0.1, -0.05) is 54.9 Å². The van der Waals surface area contributed by atoms with Crippen LogP contribution in [0.5, 0.6) is 0 Å². The van der Waals surface area contributed by atoms with Gasteiger partial charge in [0.1, 0.15) is 6.33 Å². The van der Waals surface area contributed by atoms with Crippen LogP contribution in [0, 0.1) is 0 Å². The van der Waals surface area contributed by atoms with Crippen LogP contribution in [0.4, 0.5) is 11.6 Å². The topological polar surface area (TPSA) is 54.8 Å². The Kier molecular flexibility index (Phi) is 5.63. The molecule has 2 N–H and O–H groups in total. The van der Waals surface area contributed by atoms with Gasteiger partial charge in [0.25, 0.3) is 0 Å². The van der Waals surface area contributed by atoms with Gasteiger partial charge in [0.15, 0.2) is 5.11 Å². The van der Waals surface area contributed by atoms with Crippen molar-refractivity contribution in [3.05, 3.63) is 71.0 Å². The molecule has 1 heterocycles. The third-order valence-electron chi connectivity index (χ3n) is 3.70. The van der Waals surface area contributed by atoms with Crippen LogP contribution in [-0.2, 0) is 13.0 Å². The minimum absolute atomic E-state index is 0.443. The number of para-hydroxylation sites is 1. The number of thiocarbonyl (C=S) groups is 1. The van der Waals surface area contributed by atoms with E-state index in [9.17, 15) is 0 Å². The summed E-state index contributed by atoms with van der Waals surface area (Å²) in [5.74, 6) is 0.443. The average Bonchev–Trinajstić information content (AvgIpc) is 3.04. The lowest BCUT2D eigenvalue weighted by Gasteiger charge is -2.11. The fourth-order valence-corrected chi connectivity index (χ4v) is 2.83. The normalized spacial score (nSPS) is 10.5. The Bertz CT molecular complexity index is 877. The van der Waals surface area contributed by atoms with Crippen molar-refractivity contribution in [1.82, 2.24) is 14.8 Å². The van der Waals surface area contributed by atoms with E-state index in [2.05, 4.69) is 33.7 Å². The first-order valence-electron chi connectivity index (χ1n) is 7.94.